The Labute approximate surface area is 113 Å². The Balaban J connectivity index is 1.99. The van der Waals surface area contributed by atoms with E-state index in [0.717, 1.165) is 32.1 Å². The average Bonchev–Trinajstić information content (AvgIpc) is 2.40. The summed E-state index contributed by atoms with van der Waals surface area (Å²) in [5, 5.41) is 0. The lowest BCUT2D eigenvalue weighted by Crippen LogP contribution is -2.35. The summed E-state index contributed by atoms with van der Waals surface area (Å²) >= 11 is 0. The first kappa shape index (κ1) is 14.7. The maximum atomic E-state index is 13.1. The van der Waals surface area contributed by atoms with Crippen LogP contribution in [-0.4, -0.2) is 24.2 Å². The van der Waals surface area contributed by atoms with Crippen molar-refractivity contribution in [2.75, 3.05) is 13.1 Å². The van der Waals surface area contributed by atoms with E-state index in [0.29, 0.717) is 25.4 Å². The molecule has 1 heterocycles. The number of alkyl halides is 3. The van der Waals surface area contributed by atoms with Gasteiger partial charge in [0.25, 0.3) is 0 Å². The van der Waals surface area contributed by atoms with Crippen LogP contribution in [0.25, 0.3) is 0 Å². The summed E-state index contributed by atoms with van der Waals surface area (Å²) in [6.45, 7) is 1.13. The van der Waals surface area contributed by atoms with Crippen LogP contribution in [0.15, 0.2) is 11.8 Å². The fourth-order valence-electron chi connectivity index (χ4n) is 3.26. The van der Waals surface area contributed by atoms with Gasteiger partial charge in [0.05, 0.1) is 0 Å². The number of rotatable bonds is 3. The fourth-order valence-corrected chi connectivity index (χ4v) is 3.26. The van der Waals surface area contributed by atoms with Crippen molar-refractivity contribution in [1.82, 2.24) is 4.90 Å². The Morgan fingerprint density at radius 1 is 0.947 bits per heavy atom. The minimum absolute atomic E-state index is 0.377. The van der Waals surface area contributed by atoms with Crippen molar-refractivity contribution in [3.8, 4) is 0 Å². The molecule has 1 aliphatic carbocycles. The zero-order valence-electron chi connectivity index (χ0n) is 11.5. The SMILES string of the molecule is FC(F)(F)/C(=C\CC1CCCCC1)N1CCCCC1. The lowest BCUT2D eigenvalue weighted by molar-refractivity contribution is -0.113. The molecular weight excluding hydrogens is 251 g/mol. The van der Waals surface area contributed by atoms with Crippen molar-refractivity contribution in [2.24, 2.45) is 5.92 Å². The second kappa shape index (κ2) is 6.67. The molecule has 0 N–H and O–H groups in total. The van der Waals surface area contributed by atoms with Gasteiger partial charge in [-0.05, 0) is 31.6 Å². The molecule has 1 saturated heterocycles. The highest BCUT2D eigenvalue weighted by Crippen LogP contribution is 2.33. The van der Waals surface area contributed by atoms with Gasteiger partial charge in [0.1, 0.15) is 5.70 Å². The lowest BCUT2D eigenvalue weighted by atomic mass is 9.87. The summed E-state index contributed by atoms with van der Waals surface area (Å²) in [6, 6.07) is 0. The van der Waals surface area contributed by atoms with E-state index in [1.807, 2.05) is 0 Å². The number of nitrogens with zero attached hydrogens (tertiary/aromatic N) is 1. The minimum Gasteiger partial charge on any atom is -0.368 e. The van der Waals surface area contributed by atoms with Gasteiger partial charge in [-0.1, -0.05) is 38.2 Å². The molecular formula is C15H24F3N. The molecule has 0 spiro atoms. The molecule has 2 rings (SSSR count). The Morgan fingerprint density at radius 3 is 2.11 bits per heavy atom. The van der Waals surface area contributed by atoms with Gasteiger partial charge in [0.15, 0.2) is 0 Å². The topological polar surface area (TPSA) is 3.24 Å². The van der Waals surface area contributed by atoms with Gasteiger partial charge < -0.3 is 4.90 Å². The van der Waals surface area contributed by atoms with Crippen LogP contribution in [0, 0.1) is 5.92 Å². The number of allylic oxidation sites excluding steroid dienone is 2. The molecule has 0 aromatic heterocycles. The lowest BCUT2D eigenvalue weighted by Gasteiger charge is -2.32. The molecule has 0 unspecified atom stereocenters. The fraction of sp³-hybridized carbons (Fsp3) is 0.867. The predicted molar refractivity (Wildman–Crippen MR) is 70.8 cm³/mol. The Hall–Kier alpha value is -0.670. The average molecular weight is 275 g/mol. The van der Waals surface area contributed by atoms with Crippen LogP contribution in [0.2, 0.25) is 0 Å². The normalized spacial score (nSPS) is 23.7. The van der Waals surface area contributed by atoms with E-state index in [-0.39, 0.29) is 5.70 Å². The standard InChI is InChI=1S/C15H24F3N/c16-15(17,18)14(19-11-5-2-6-12-19)10-9-13-7-3-1-4-8-13/h10,13H,1-9,11-12H2/b14-10+. The monoisotopic (exact) mass is 275 g/mol. The molecule has 110 valence electrons. The van der Waals surface area contributed by atoms with Crippen molar-refractivity contribution in [1.29, 1.82) is 0 Å². The van der Waals surface area contributed by atoms with Crippen LogP contribution in [0.1, 0.15) is 57.8 Å². The van der Waals surface area contributed by atoms with E-state index < -0.39 is 6.18 Å². The van der Waals surface area contributed by atoms with Crippen LogP contribution in [0.4, 0.5) is 13.2 Å². The maximum Gasteiger partial charge on any atom is 0.430 e. The molecule has 1 aliphatic heterocycles. The number of hydrogen-bond donors (Lipinski definition) is 0. The van der Waals surface area contributed by atoms with Gasteiger partial charge in [-0.25, -0.2) is 0 Å². The number of likely N-dealkylation sites (tertiary alicyclic amines) is 1. The van der Waals surface area contributed by atoms with Crippen LogP contribution in [0.3, 0.4) is 0 Å². The van der Waals surface area contributed by atoms with Gasteiger partial charge in [-0.2, -0.15) is 13.2 Å². The van der Waals surface area contributed by atoms with Crippen molar-refractivity contribution in [2.45, 2.75) is 64.0 Å². The highest BCUT2D eigenvalue weighted by atomic mass is 19.4. The summed E-state index contributed by atoms with van der Waals surface area (Å²) in [7, 11) is 0. The highest BCUT2D eigenvalue weighted by molar-refractivity contribution is 5.09. The Kier molecular flexibility index (Phi) is 5.17. The summed E-state index contributed by atoms with van der Waals surface area (Å²) in [5.74, 6) is 0.468. The van der Waals surface area contributed by atoms with Crippen molar-refractivity contribution >= 4 is 0 Å². The van der Waals surface area contributed by atoms with E-state index in [1.165, 1.54) is 25.3 Å². The van der Waals surface area contributed by atoms with E-state index >= 15 is 0 Å². The molecule has 2 fully saturated rings. The molecule has 19 heavy (non-hydrogen) atoms. The van der Waals surface area contributed by atoms with Crippen LogP contribution in [0.5, 0.6) is 0 Å². The smallest absolute Gasteiger partial charge is 0.368 e. The van der Waals surface area contributed by atoms with Crippen molar-refractivity contribution in [3.05, 3.63) is 11.8 Å². The largest absolute Gasteiger partial charge is 0.430 e. The first-order valence-electron chi connectivity index (χ1n) is 7.59. The Bertz CT molecular complexity index is 297. The van der Waals surface area contributed by atoms with Crippen LogP contribution in [-0.2, 0) is 0 Å². The first-order valence-corrected chi connectivity index (χ1v) is 7.59. The third kappa shape index (κ3) is 4.43. The molecule has 4 heteroatoms. The summed E-state index contributed by atoms with van der Waals surface area (Å²) in [6.07, 6.45) is 6.53. The van der Waals surface area contributed by atoms with Crippen LogP contribution >= 0.6 is 0 Å². The minimum atomic E-state index is -4.19. The van der Waals surface area contributed by atoms with E-state index in [9.17, 15) is 13.2 Å². The molecule has 1 nitrogen and oxygen atoms in total. The van der Waals surface area contributed by atoms with Gasteiger partial charge in [0.2, 0.25) is 0 Å². The second-order valence-electron chi connectivity index (χ2n) is 5.87. The molecule has 1 saturated carbocycles. The molecule has 0 aromatic rings. The van der Waals surface area contributed by atoms with E-state index in [4.69, 9.17) is 0 Å². The van der Waals surface area contributed by atoms with Gasteiger partial charge in [-0.15, -0.1) is 0 Å². The van der Waals surface area contributed by atoms with E-state index in [1.54, 1.807) is 4.90 Å². The molecule has 0 aromatic carbocycles. The van der Waals surface area contributed by atoms with Gasteiger partial charge in [0, 0.05) is 13.1 Å². The van der Waals surface area contributed by atoms with Gasteiger partial charge >= 0.3 is 6.18 Å². The summed E-state index contributed by atoms with van der Waals surface area (Å²) < 4.78 is 39.4. The second-order valence-corrected chi connectivity index (χ2v) is 5.87. The van der Waals surface area contributed by atoms with Crippen molar-refractivity contribution in [3.63, 3.8) is 0 Å². The molecule has 0 atom stereocenters. The number of piperidine rings is 1. The highest BCUT2D eigenvalue weighted by Gasteiger charge is 2.37. The third-order valence-corrected chi connectivity index (χ3v) is 4.36. The quantitative estimate of drug-likeness (QED) is 0.709. The van der Waals surface area contributed by atoms with Crippen molar-refractivity contribution < 1.29 is 13.2 Å². The zero-order chi connectivity index (χ0) is 13.7. The molecule has 0 radical (unpaired) electrons. The zero-order valence-corrected chi connectivity index (χ0v) is 11.5. The summed E-state index contributed by atoms with van der Waals surface area (Å²) in [5.41, 5.74) is -0.377. The number of halogens is 3. The molecule has 0 amide bonds. The number of hydrogen-bond acceptors (Lipinski definition) is 1. The molecule has 2 aliphatic rings. The predicted octanol–water partition coefficient (Wildman–Crippen LogP) is 4.89. The van der Waals surface area contributed by atoms with Crippen LogP contribution < -0.4 is 0 Å². The maximum absolute atomic E-state index is 13.1. The Morgan fingerprint density at radius 2 is 1.53 bits per heavy atom. The summed E-state index contributed by atoms with van der Waals surface area (Å²) in [4.78, 5) is 1.55. The van der Waals surface area contributed by atoms with Gasteiger partial charge in [-0.3, -0.25) is 0 Å². The third-order valence-electron chi connectivity index (χ3n) is 4.36. The molecule has 0 bridgehead atoms. The first-order chi connectivity index (χ1) is 9.07. The van der Waals surface area contributed by atoms with E-state index in [2.05, 4.69) is 0 Å².